The Morgan fingerprint density at radius 3 is 2.58 bits per heavy atom. The summed E-state index contributed by atoms with van der Waals surface area (Å²) in [5.74, 6) is -0.855. The summed E-state index contributed by atoms with van der Waals surface area (Å²) in [7, 11) is 0. The van der Waals surface area contributed by atoms with Gasteiger partial charge in [-0.05, 0) is 49.7 Å². The maximum absolute atomic E-state index is 12.7. The lowest BCUT2D eigenvalue weighted by atomic mass is 9.96. The summed E-state index contributed by atoms with van der Waals surface area (Å²) in [5.41, 5.74) is 8.55. The van der Waals surface area contributed by atoms with Gasteiger partial charge < -0.3 is 11.1 Å². The molecule has 0 aliphatic heterocycles. The summed E-state index contributed by atoms with van der Waals surface area (Å²) in [6, 6.07) is 0. The van der Waals surface area contributed by atoms with Gasteiger partial charge in [-0.2, -0.15) is 0 Å². The molecule has 0 aromatic rings. The molecule has 0 spiro atoms. The van der Waals surface area contributed by atoms with E-state index in [0.29, 0.717) is 18.5 Å². The molecule has 0 saturated heterocycles. The molecule has 4 heteroatoms. The van der Waals surface area contributed by atoms with Crippen molar-refractivity contribution >= 4 is 11.8 Å². The predicted molar refractivity (Wildman–Crippen MR) is 97.3 cm³/mol. The lowest BCUT2D eigenvalue weighted by Gasteiger charge is -2.14. The van der Waals surface area contributed by atoms with Crippen molar-refractivity contribution in [1.29, 1.82) is 0 Å². The van der Waals surface area contributed by atoms with Gasteiger partial charge in [0.1, 0.15) is 0 Å². The first-order valence-electron chi connectivity index (χ1n) is 9.65. The topological polar surface area (TPSA) is 72.2 Å². The number of carbonyl (C=O) groups excluding carboxylic acids is 2. The molecule has 3 N–H and O–H groups in total. The Labute approximate surface area is 145 Å². The van der Waals surface area contributed by atoms with Gasteiger partial charge >= 0.3 is 0 Å². The van der Waals surface area contributed by atoms with Crippen molar-refractivity contribution in [2.45, 2.75) is 77.6 Å². The second-order valence-electron chi connectivity index (χ2n) is 7.03. The van der Waals surface area contributed by atoms with Gasteiger partial charge in [0.25, 0.3) is 0 Å². The van der Waals surface area contributed by atoms with Gasteiger partial charge in [-0.15, -0.1) is 0 Å². The fraction of sp³-hybridized carbons (Fsp3) is 0.700. The van der Waals surface area contributed by atoms with Crippen LogP contribution in [0.4, 0.5) is 0 Å². The molecular formula is C20H32N2O2. The minimum atomic E-state index is -0.411. The Morgan fingerprint density at radius 1 is 1.17 bits per heavy atom. The molecule has 0 heterocycles. The molecule has 4 nitrogen and oxygen atoms in total. The minimum Gasteiger partial charge on any atom is -0.369 e. The van der Waals surface area contributed by atoms with E-state index in [1.54, 1.807) is 0 Å². The number of hydrogen-bond donors (Lipinski definition) is 2. The van der Waals surface area contributed by atoms with Crippen molar-refractivity contribution in [3.63, 3.8) is 0 Å². The van der Waals surface area contributed by atoms with E-state index in [-0.39, 0.29) is 11.8 Å². The van der Waals surface area contributed by atoms with Crippen LogP contribution in [0.1, 0.15) is 77.6 Å². The molecule has 0 bridgehead atoms. The van der Waals surface area contributed by atoms with Crippen molar-refractivity contribution in [3.05, 3.63) is 22.8 Å². The summed E-state index contributed by atoms with van der Waals surface area (Å²) >= 11 is 0. The molecule has 2 aliphatic carbocycles. The van der Waals surface area contributed by atoms with Crippen molar-refractivity contribution in [2.24, 2.45) is 11.7 Å². The van der Waals surface area contributed by atoms with Crippen LogP contribution in [0.5, 0.6) is 0 Å². The Kier molecular flexibility index (Phi) is 7.54. The standard InChI is InChI=1S/C20H32N2O2/c1-2-3-4-5-6-9-14-22-20(24)18-16(15-10-7-8-11-15)12-13-17(18)19(21)23/h10,17H,2-9,11-14H2,1H3,(H2,21,23)(H,22,24). The lowest BCUT2D eigenvalue weighted by Crippen LogP contribution is -2.33. The Balaban J connectivity index is 1.90. The smallest absolute Gasteiger partial charge is 0.248 e. The Morgan fingerprint density at radius 2 is 1.92 bits per heavy atom. The van der Waals surface area contributed by atoms with Crippen LogP contribution < -0.4 is 11.1 Å². The number of allylic oxidation sites excluding steroid dienone is 3. The average Bonchev–Trinajstić information content (AvgIpc) is 3.22. The van der Waals surface area contributed by atoms with Gasteiger partial charge in [0.2, 0.25) is 11.8 Å². The van der Waals surface area contributed by atoms with E-state index < -0.39 is 5.92 Å². The normalized spacial score (nSPS) is 20.4. The van der Waals surface area contributed by atoms with Crippen LogP contribution in [0.15, 0.2) is 22.8 Å². The van der Waals surface area contributed by atoms with Crippen LogP contribution in [0.25, 0.3) is 0 Å². The summed E-state index contributed by atoms with van der Waals surface area (Å²) in [4.78, 5) is 24.4. The van der Waals surface area contributed by atoms with Crippen molar-refractivity contribution in [1.82, 2.24) is 5.32 Å². The van der Waals surface area contributed by atoms with Gasteiger partial charge in [-0.1, -0.05) is 45.1 Å². The van der Waals surface area contributed by atoms with E-state index in [2.05, 4.69) is 18.3 Å². The quantitative estimate of drug-likeness (QED) is 0.598. The molecule has 0 radical (unpaired) electrons. The molecule has 0 aromatic carbocycles. The monoisotopic (exact) mass is 332 g/mol. The van der Waals surface area contributed by atoms with Crippen LogP contribution in [0.3, 0.4) is 0 Å². The van der Waals surface area contributed by atoms with Gasteiger partial charge in [0.15, 0.2) is 0 Å². The lowest BCUT2D eigenvalue weighted by molar-refractivity contribution is -0.124. The van der Waals surface area contributed by atoms with Gasteiger partial charge in [0.05, 0.1) is 5.92 Å². The highest BCUT2D eigenvalue weighted by molar-refractivity contribution is 6.02. The zero-order valence-electron chi connectivity index (χ0n) is 15.0. The van der Waals surface area contributed by atoms with Crippen molar-refractivity contribution < 1.29 is 9.59 Å². The number of amides is 2. The zero-order valence-corrected chi connectivity index (χ0v) is 15.0. The molecule has 134 valence electrons. The Hall–Kier alpha value is -1.58. The fourth-order valence-corrected chi connectivity index (χ4v) is 3.84. The number of hydrogen-bond acceptors (Lipinski definition) is 2. The highest BCUT2D eigenvalue weighted by Gasteiger charge is 2.35. The molecule has 0 fully saturated rings. The van der Waals surface area contributed by atoms with E-state index in [4.69, 9.17) is 5.73 Å². The molecular weight excluding hydrogens is 300 g/mol. The second kappa shape index (κ2) is 9.65. The number of nitrogens with one attached hydrogen (secondary N) is 1. The highest BCUT2D eigenvalue weighted by Crippen LogP contribution is 2.39. The van der Waals surface area contributed by atoms with E-state index in [1.165, 1.54) is 31.3 Å². The molecule has 2 amide bonds. The first kappa shape index (κ1) is 18.8. The third-order valence-corrected chi connectivity index (χ3v) is 5.19. The van der Waals surface area contributed by atoms with Crippen molar-refractivity contribution in [2.75, 3.05) is 6.54 Å². The van der Waals surface area contributed by atoms with E-state index in [9.17, 15) is 9.59 Å². The van der Waals surface area contributed by atoms with E-state index in [0.717, 1.165) is 44.1 Å². The van der Waals surface area contributed by atoms with Crippen LogP contribution in [-0.2, 0) is 9.59 Å². The van der Waals surface area contributed by atoms with Crippen LogP contribution in [-0.4, -0.2) is 18.4 Å². The summed E-state index contributed by atoms with van der Waals surface area (Å²) in [6.07, 6.45) is 14.1. The minimum absolute atomic E-state index is 0.0762. The third-order valence-electron chi connectivity index (χ3n) is 5.19. The maximum Gasteiger partial charge on any atom is 0.248 e. The molecule has 0 aromatic heterocycles. The number of unbranched alkanes of at least 4 members (excludes halogenated alkanes) is 5. The first-order valence-corrected chi connectivity index (χ1v) is 9.65. The number of rotatable bonds is 10. The maximum atomic E-state index is 12.7. The molecule has 2 rings (SSSR count). The predicted octanol–water partition coefficient (Wildman–Crippen LogP) is 3.77. The first-order chi connectivity index (χ1) is 11.6. The number of nitrogens with two attached hydrogens (primary N) is 1. The summed E-state index contributed by atoms with van der Waals surface area (Å²) < 4.78 is 0. The molecule has 0 saturated carbocycles. The van der Waals surface area contributed by atoms with Gasteiger partial charge in [-0.25, -0.2) is 0 Å². The van der Waals surface area contributed by atoms with Gasteiger partial charge in [-0.3, -0.25) is 9.59 Å². The van der Waals surface area contributed by atoms with E-state index in [1.807, 2.05) is 0 Å². The summed E-state index contributed by atoms with van der Waals surface area (Å²) in [5, 5.41) is 3.02. The van der Waals surface area contributed by atoms with Crippen LogP contribution >= 0.6 is 0 Å². The number of carbonyl (C=O) groups is 2. The van der Waals surface area contributed by atoms with E-state index >= 15 is 0 Å². The molecule has 1 unspecified atom stereocenters. The molecule has 1 atom stereocenters. The highest BCUT2D eigenvalue weighted by atomic mass is 16.2. The number of primary amides is 1. The average molecular weight is 332 g/mol. The summed E-state index contributed by atoms with van der Waals surface area (Å²) in [6.45, 7) is 2.90. The largest absolute Gasteiger partial charge is 0.369 e. The zero-order chi connectivity index (χ0) is 17.4. The Bertz CT molecular complexity index is 520. The fourth-order valence-electron chi connectivity index (χ4n) is 3.84. The van der Waals surface area contributed by atoms with Crippen LogP contribution in [0.2, 0.25) is 0 Å². The second-order valence-corrected chi connectivity index (χ2v) is 7.03. The van der Waals surface area contributed by atoms with Crippen molar-refractivity contribution in [3.8, 4) is 0 Å². The van der Waals surface area contributed by atoms with Crippen LogP contribution in [0, 0.1) is 5.92 Å². The molecule has 24 heavy (non-hydrogen) atoms. The SMILES string of the molecule is CCCCCCCCNC(=O)C1=C(C2=CCCC2)CCC1C(N)=O. The molecule has 2 aliphatic rings. The third kappa shape index (κ3) is 4.96. The van der Waals surface area contributed by atoms with Gasteiger partial charge in [0, 0.05) is 12.1 Å².